The number of para-hydroxylation sites is 1. The molecular formula is C22H26ClN3O. The lowest BCUT2D eigenvalue weighted by molar-refractivity contribution is 0.261. The number of rotatable bonds is 9. The Hall–Kier alpha value is -2.30. The first-order chi connectivity index (χ1) is 13.2. The lowest BCUT2D eigenvalue weighted by Crippen LogP contribution is -2.26. The van der Waals surface area contributed by atoms with Gasteiger partial charge in [0.2, 0.25) is 0 Å². The third-order valence-corrected chi connectivity index (χ3v) is 4.83. The molecule has 3 aromatic rings. The molecule has 0 spiro atoms. The van der Waals surface area contributed by atoms with Gasteiger partial charge in [-0.05, 0) is 49.7 Å². The van der Waals surface area contributed by atoms with E-state index in [0.717, 1.165) is 61.2 Å². The van der Waals surface area contributed by atoms with Gasteiger partial charge in [0, 0.05) is 47.5 Å². The summed E-state index contributed by atoms with van der Waals surface area (Å²) < 4.78 is 0. The maximum atomic E-state index is 10.0. The van der Waals surface area contributed by atoms with Crippen LogP contribution in [0.25, 0.3) is 10.9 Å². The Balaban J connectivity index is 1.56. The van der Waals surface area contributed by atoms with E-state index in [1.807, 2.05) is 48.7 Å². The molecule has 2 N–H and O–H groups in total. The molecule has 0 amide bonds. The van der Waals surface area contributed by atoms with Gasteiger partial charge in [0.15, 0.2) is 0 Å². The Bertz CT molecular complexity index is 884. The highest BCUT2D eigenvalue weighted by molar-refractivity contribution is 6.31. The standard InChI is InChI=1S/C22H26ClN3O/c1-2-13-26(16-17-6-3-4-7-22(17)27)14-5-11-24-20-10-12-25-21-15-18(23)8-9-19(20)21/h3-4,6-10,12,15,27H,2,5,11,13-14,16H2,1H3,(H,24,25). The second-order valence-corrected chi connectivity index (χ2v) is 7.14. The molecule has 27 heavy (non-hydrogen) atoms. The van der Waals surface area contributed by atoms with E-state index in [4.69, 9.17) is 11.6 Å². The third kappa shape index (κ3) is 5.34. The molecule has 4 nitrogen and oxygen atoms in total. The van der Waals surface area contributed by atoms with Gasteiger partial charge >= 0.3 is 0 Å². The number of nitrogens with one attached hydrogen (secondary N) is 1. The van der Waals surface area contributed by atoms with Crippen LogP contribution in [0.3, 0.4) is 0 Å². The summed E-state index contributed by atoms with van der Waals surface area (Å²) in [6, 6.07) is 15.4. The second kappa shape index (κ2) is 9.58. The number of fused-ring (bicyclic) bond motifs is 1. The zero-order valence-electron chi connectivity index (χ0n) is 15.7. The number of aromatic nitrogens is 1. The van der Waals surface area contributed by atoms with Crippen molar-refractivity contribution in [2.24, 2.45) is 0 Å². The first-order valence-corrected chi connectivity index (χ1v) is 9.82. The van der Waals surface area contributed by atoms with Gasteiger partial charge in [0.05, 0.1) is 5.52 Å². The van der Waals surface area contributed by atoms with Crippen LogP contribution in [0.4, 0.5) is 5.69 Å². The lowest BCUT2D eigenvalue weighted by Gasteiger charge is -2.22. The molecule has 3 rings (SSSR count). The number of benzene rings is 2. The van der Waals surface area contributed by atoms with Crippen molar-refractivity contribution in [1.82, 2.24) is 9.88 Å². The number of aromatic hydroxyl groups is 1. The number of nitrogens with zero attached hydrogens (tertiary/aromatic N) is 2. The molecule has 0 aliphatic heterocycles. The lowest BCUT2D eigenvalue weighted by atomic mass is 10.1. The summed E-state index contributed by atoms with van der Waals surface area (Å²) in [5.41, 5.74) is 2.97. The van der Waals surface area contributed by atoms with Crippen LogP contribution in [-0.4, -0.2) is 34.6 Å². The van der Waals surface area contributed by atoms with E-state index in [-0.39, 0.29) is 0 Å². The average Bonchev–Trinajstić information content (AvgIpc) is 2.66. The highest BCUT2D eigenvalue weighted by Crippen LogP contribution is 2.24. The zero-order chi connectivity index (χ0) is 19.1. The maximum Gasteiger partial charge on any atom is 0.120 e. The molecule has 0 aliphatic rings. The molecule has 0 bridgehead atoms. The zero-order valence-corrected chi connectivity index (χ0v) is 16.4. The van der Waals surface area contributed by atoms with Crippen LogP contribution in [0.5, 0.6) is 5.75 Å². The molecule has 0 aliphatic carbocycles. The van der Waals surface area contributed by atoms with Crippen LogP contribution in [0.1, 0.15) is 25.3 Å². The fourth-order valence-corrected chi connectivity index (χ4v) is 3.44. The molecular weight excluding hydrogens is 358 g/mol. The molecule has 142 valence electrons. The van der Waals surface area contributed by atoms with Crippen LogP contribution in [-0.2, 0) is 6.54 Å². The second-order valence-electron chi connectivity index (χ2n) is 6.71. The number of hydrogen-bond donors (Lipinski definition) is 2. The maximum absolute atomic E-state index is 10.0. The van der Waals surface area contributed by atoms with Gasteiger partial charge in [-0.25, -0.2) is 0 Å². The van der Waals surface area contributed by atoms with Gasteiger partial charge in [0.1, 0.15) is 5.75 Å². The number of anilines is 1. The monoisotopic (exact) mass is 383 g/mol. The molecule has 0 saturated heterocycles. The van der Waals surface area contributed by atoms with Gasteiger partial charge in [-0.15, -0.1) is 0 Å². The fourth-order valence-electron chi connectivity index (χ4n) is 3.27. The van der Waals surface area contributed by atoms with Crippen molar-refractivity contribution in [1.29, 1.82) is 0 Å². The Morgan fingerprint density at radius 3 is 2.78 bits per heavy atom. The van der Waals surface area contributed by atoms with Crippen molar-refractivity contribution in [2.45, 2.75) is 26.3 Å². The number of phenols is 1. The van der Waals surface area contributed by atoms with Crippen LogP contribution in [0.15, 0.2) is 54.7 Å². The van der Waals surface area contributed by atoms with Gasteiger partial charge in [0.25, 0.3) is 0 Å². The quantitative estimate of drug-likeness (QED) is 0.492. The van der Waals surface area contributed by atoms with Gasteiger partial charge < -0.3 is 10.4 Å². The summed E-state index contributed by atoms with van der Waals surface area (Å²) in [6.07, 6.45) is 3.92. The largest absolute Gasteiger partial charge is 0.508 e. The van der Waals surface area contributed by atoms with Crippen LogP contribution in [0, 0.1) is 0 Å². The Morgan fingerprint density at radius 1 is 1.11 bits per heavy atom. The van der Waals surface area contributed by atoms with Crippen LogP contribution < -0.4 is 5.32 Å². The molecule has 0 atom stereocenters. The molecule has 0 fully saturated rings. The first kappa shape index (κ1) is 19.5. The summed E-state index contributed by atoms with van der Waals surface area (Å²) in [5, 5.41) is 15.3. The number of halogens is 1. The minimum absolute atomic E-state index is 0.374. The normalized spacial score (nSPS) is 11.2. The Labute approximate surface area is 165 Å². The number of phenolic OH excluding ortho intramolecular Hbond substituents is 1. The van der Waals surface area contributed by atoms with Gasteiger partial charge in [-0.3, -0.25) is 9.88 Å². The smallest absolute Gasteiger partial charge is 0.120 e. The average molecular weight is 384 g/mol. The van der Waals surface area contributed by atoms with Gasteiger partial charge in [-0.2, -0.15) is 0 Å². The Morgan fingerprint density at radius 2 is 1.96 bits per heavy atom. The van der Waals surface area contributed by atoms with Crippen molar-refractivity contribution in [2.75, 3.05) is 25.0 Å². The summed E-state index contributed by atoms with van der Waals surface area (Å²) in [4.78, 5) is 6.77. The minimum Gasteiger partial charge on any atom is -0.508 e. The summed E-state index contributed by atoms with van der Waals surface area (Å²) in [5.74, 6) is 0.374. The van der Waals surface area contributed by atoms with E-state index >= 15 is 0 Å². The van der Waals surface area contributed by atoms with Crippen molar-refractivity contribution >= 4 is 28.2 Å². The predicted octanol–water partition coefficient (Wildman–Crippen LogP) is 5.31. The summed E-state index contributed by atoms with van der Waals surface area (Å²) >= 11 is 6.06. The highest BCUT2D eigenvalue weighted by Gasteiger charge is 2.08. The van der Waals surface area contributed by atoms with Crippen LogP contribution in [0.2, 0.25) is 5.02 Å². The molecule has 1 heterocycles. The van der Waals surface area contributed by atoms with E-state index < -0.39 is 0 Å². The van der Waals surface area contributed by atoms with E-state index in [0.29, 0.717) is 10.8 Å². The molecule has 2 aromatic carbocycles. The molecule has 0 unspecified atom stereocenters. The number of pyridine rings is 1. The topological polar surface area (TPSA) is 48.4 Å². The van der Waals surface area contributed by atoms with E-state index in [1.165, 1.54) is 0 Å². The van der Waals surface area contributed by atoms with Crippen molar-refractivity contribution in [3.63, 3.8) is 0 Å². The van der Waals surface area contributed by atoms with Crippen molar-refractivity contribution < 1.29 is 5.11 Å². The third-order valence-electron chi connectivity index (χ3n) is 4.60. The predicted molar refractivity (Wildman–Crippen MR) is 114 cm³/mol. The van der Waals surface area contributed by atoms with E-state index in [9.17, 15) is 5.11 Å². The highest BCUT2D eigenvalue weighted by atomic mass is 35.5. The molecule has 0 radical (unpaired) electrons. The molecule has 5 heteroatoms. The number of hydrogen-bond acceptors (Lipinski definition) is 4. The fraction of sp³-hybridized carbons (Fsp3) is 0.318. The van der Waals surface area contributed by atoms with Crippen LogP contribution >= 0.6 is 11.6 Å². The SMILES string of the molecule is CCCN(CCCNc1ccnc2cc(Cl)ccc12)Cc1ccccc1O. The summed E-state index contributed by atoms with van der Waals surface area (Å²) in [7, 11) is 0. The van der Waals surface area contributed by atoms with E-state index in [2.05, 4.69) is 22.1 Å². The van der Waals surface area contributed by atoms with Crippen molar-refractivity contribution in [3.05, 3.63) is 65.3 Å². The van der Waals surface area contributed by atoms with E-state index in [1.54, 1.807) is 6.07 Å². The van der Waals surface area contributed by atoms with Crippen molar-refractivity contribution in [3.8, 4) is 5.75 Å². The summed E-state index contributed by atoms with van der Waals surface area (Å²) in [6.45, 7) is 5.83. The first-order valence-electron chi connectivity index (χ1n) is 9.44. The molecule has 1 aromatic heterocycles. The Kier molecular flexibility index (Phi) is 6.91. The minimum atomic E-state index is 0.374. The van der Waals surface area contributed by atoms with Gasteiger partial charge in [-0.1, -0.05) is 36.7 Å². The molecule has 0 saturated carbocycles.